The average molecular weight is 488 g/mol. The topological polar surface area (TPSA) is 102 Å². The van der Waals surface area contributed by atoms with Crippen LogP contribution in [0.2, 0.25) is 0 Å². The van der Waals surface area contributed by atoms with Crippen LogP contribution >= 0.6 is 11.8 Å². The zero-order valence-corrected chi connectivity index (χ0v) is 20.2. The number of hydrogen-bond donors (Lipinski definition) is 2. The van der Waals surface area contributed by atoms with Gasteiger partial charge in [0.15, 0.2) is 22.5 Å². The maximum atomic E-state index is 12.4. The molecule has 8 nitrogen and oxygen atoms in total. The number of carbonyl (C=O) groups is 1. The van der Waals surface area contributed by atoms with Crippen LogP contribution in [0.25, 0.3) is 17.1 Å². The predicted molar refractivity (Wildman–Crippen MR) is 137 cm³/mol. The summed E-state index contributed by atoms with van der Waals surface area (Å²) < 4.78 is 7.30. The summed E-state index contributed by atoms with van der Waals surface area (Å²) in [4.78, 5) is 12.4. The number of aromatic nitrogens is 3. The van der Waals surface area contributed by atoms with Crippen LogP contribution in [0.4, 0.5) is 0 Å². The summed E-state index contributed by atoms with van der Waals surface area (Å²) in [5, 5.41) is 23.5. The number of rotatable bonds is 9. The number of para-hydroxylation sites is 2. The van der Waals surface area contributed by atoms with Gasteiger partial charge in [0, 0.05) is 16.8 Å². The lowest BCUT2D eigenvalue weighted by Gasteiger charge is -2.10. The van der Waals surface area contributed by atoms with E-state index >= 15 is 0 Å². The molecule has 35 heavy (non-hydrogen) atoms. The van der Waals surface area contributed by atoms with E-state index in [1.54, 1.807) is 18.2 Å². The molecule has 178 valence electrons. The first-order chi connectivity index (χ1) is 17.1. The average Bonchev–Trinajstić information content (AvgIpc) is 3.30. The first-order valence-corrected chi connectivity index (χ1v) is 12.0. The number of hydrogen-bond acceptors (Lipinski definition) is 7. The number of aryl methyl sites for hydroxylation is 1. The smallest absolute Gasteiger partial charge is 0.250 e. The third-order valence-electron chi connectivity index (χ3n) is 5.01. The molecule has 4 aromatic rings. The van der Waals surface area contributed by atoms with Crippen LogP contribution in [0, 0.1) is 6.92 Å². The molecule has 1 heterocycles. The molecule has 0 saturated heterocycles. The van der Waals surface area contributed by atoms with Gasteiger partial charge in [-0.15, -0.1) is 10.2 Å². The lowest BCUT2D eigenvalue weighted by molar-refractivity contribution is -0.118. The van der Waals surface area contributed by atoms with Gasteiger partial charge in [-0.1, -0.05) is 65.9 Å². The van der Waals surface area contributed by atoms with Crippen molar-refractivity contribution in [3.8, 4) is 28.6 Å². The Morgan fingerprint density at radius 1 is 1.09 bits per heavy atom. The van der Waals surface area contributed by atoms with Gasteiger partial charge in [0.25, 0.3) is 5.91 Å². The summed E-state index contributed by atoms with van der Waals surface area (Å²) in [5.74, 6) is 0.804. The highest BCUT2D eigenvalue weighted by molar-refractivity contribution is 7.99. The highest BCUT2D eigenvalue weighted by atomic mass is 32.2. The molecule has 9 heteroatoms. The number of aromatic hydroxyl groups is 1. The Kier molecular flexibility index (Phi) is 7.79. The number of nitrogens with one attached hydrogen (secondary N) is 1. The van der Waals surface area contributed by atoms with Crippen molar-refractivity contribution in [2.45, 2.75) is 19.0 Å². The third-order valence-corrected chi connectivity index (χ3v) is 5.94. The quantitative estimate of drug-likeness (QED) is 0.203. The summed E-state index contributed by atoms with van der Waals surface area (Å²) in [7, 11) is 0. The molecule has 1 aromatic heterocycles. The van der Waals surface area contributed by atoms with Crippen LogP contribution in [-0.2, 0) is 4.79 Å². The highest BCUT2D eigenvalue weighted by Crippen LogP contribution is 2.29. The minimum atomic E-state index is -0.314. The maximum absolute atomic E-state index is 12.4. The van der Waals surface area contributed by atoms with Crippen LogP contribution in [0.5, 0.6) is 11.5 Å². The Bertz CT molecular complexity index is 1320. The van der Waals surface area contributed by atoms with E-state index in [-0.39, 0.29) is 17.4 Å². The van der Waals surface area contributed by atoms with Crippen molar-refractivity contribution in [2.24, 2.45) is 5.10 Å². The van der Waals surface area contributed by atoms with Gasteiger partial charge in [0.1, 0.15) is 0 Å². The van der Waals surface area contributed by atoms with E-state index in [2.05, 4.69) is 20.7 Å². The molecule has 0 aliphatic rings. The minimum Gasteiger partial charge on any atom is -0.504 e. The Hall–Kier alpha value is -4.11. The molecule has 4 rings (SSSR count). The second-order valence-electron chi connectivity index (χ2n) is 7.55. The molecular formula is C26H25N5O3S. The molecule has 0 spiro atoms. The molecule has 0 fully saturated rings. The zero-order chi connectivity index (χ0) is 24.6. The van der Waals surface area contributed by atoms with Gasteiger partial charge >= 0.3 is 0 Å². The van der Waals surface area contributed by atoms with Crippen LogP contribution in [0.15, 0.2) is 83.1 Å². The summed E-state index contributed by atoms with van der Waals surface area (Å²) >= 11 is 1.26. The van der Waals surface area contributed by atoms with Gasteiger partial charge in [-0.2, -0.15) is 5.10 Å². The summed E-state index contributed by atoms with van der Waals surface area (Å²) in [6.07, 6.45) is 1.38. The van der Waals surface area contributed by atoms with Crippen molar-refractivity contribution in [3.63, 3.8) is 0 Å². The van der Waals surface area contributed by atoms with Crippen molar-refractivity contribution in [1.82, 2.24) is 20.2 Å². The molecule has 0 aliphatic heterocycles. The SMILES string of the molecule is CCOc1cccc(C=NNC(=O)CSc2nnc(-c3ccc(C)cc3)n2-c2ccccc2)c1O. The normalized spacial score (nSPS) is 11.0. The van der Waals surface area contributed by atoms with Gasteiger partial charge in [-0.3, -0.25) is 9.36 Å². The fourth-order valence-electron chi connectivity index (χ4n) is 3.31. The molecule has 0 aliphatic carbocycles. The number of benzene rings is 3. The molecule has 2 N–H and O–H groups in total. The van der Waals surface area contributed by atoms with Gasteiger partial charge in [0.05, 0.1) is 18.6 Å². The molecular weight excluding hydrogens is 462 g/mol. The molecule has 1 amide bonds. The fraction of sp³-hybridized carbons (Fsp3) is 0.154. The zero-order valence-electron chi connectivity index (χ0n) is 19.4. The summed E-state index contributed by atoms with van der Waals surface area (Å²) in [5.41, 5.74) is 5.92. The van der Waals surface area contributed by atoms with Crippen LogP contribution in [0.1, 0.15) is 18.1 Å². The van der Waals surface area contributed by atoms with Crippen molar-refractivity contribution in [1.29, 1.82) is 0 Å². The van der Waals surface area contributed by atoms with Crippen molar-refractivity contribution >= 4 is 23.9 Å². The Balaban J connectivity index is 1.47. The first kappa shape index (κ1) is 24.0. The van der Waals surface area contributed by atoms with Gasteiger partial charge in [0.2, 0.25) is 0 Å². The van der Waals surface area contributed by atoms with Gasteiger partial charge < -0.3 is 9.84 Å². The van der Waals surface area contributed by atoms with E-state index in [9.17, 15) is 9.90 Å². The third kappa shape index (κ3) is 5.88. The Labute approximate surface area is 207 Å². The Morgan fingerprint density at radius 3 is 2.60 bits per heavy atom. The first-order valence-electron chi connectivity index (χ1n) is 11.0. The van der Waals surface area contributed by atoms with Crippen molar-refractivity contribution < 1.29 is 14.6 Å². The summed E-state index contributed by atoms with van der Waals surface area (Å²) in [6, 6.07) is 22.9. The molecule has 0 unspecified atom stereocenters. The van der Waals surface area contributed by atoms with Crippen molar-refractivity contribution in [2.75, 3.05) is 12.4 Å². The second kappa shape index (κ2) is 11.3. The number of carbonyl (C=O) groups excluding carboxylic acids is 1. The van der Waals surface area contributed by atoms with Gasteiger partial charge in [-0.05, 0) is 38.1 Å². The highest BCUT2D eigenvalue weighted by Gasteiger charge is 2.17. The number of nitrogens with zero attached hydrogens (tertiary/aromatic N) is 4. The monoisotopic (exact) mass is 487 g/mol. The van der Waals surface area contributed by atoms with Gasteiger partial charge in [-0.25, -0.2) is 5.43 Å². The lowest BCUT2D eigenvalue weighted by atomic mass is 10.1. The molecule has 0 bridgehead atoms. The largest absolute Gasteiger partial charge is 0.504 e. The minimum absolute atomic E-state index is 0.0266. The van der Waals surface area contributed by atoms with E-state index < -0.39 is 0 Å². The van der Waals surface area contributed by atoms with Crippen LogP contribution in [-0.4, -0.2) is 44.4 Å². The number of hydrazone groups is 1. The van der Waals surface area contributed by atoms with E-state index in [0.29, 0.717) is 28.9 Å². The number of ether oxygens (including phenoxy) is 1. The molecule has 0 atom stereocenters. The van der Waals surface area contributed by atoms with Crippen LogP contribution < -0.4 is 10.2 Å². The van der Waals surface area contributed by atoms with Crippen LogP contribution in [0.3, 0.4) is 0 Å². The number of amides is 1. The van der Waals surface area contributed by atoms with E-state index in [1.807, 2.05) is 73.0 Å². The Morgan fingerprint density at radius 2 is 1.86 bits per heavy atom. The number of thioether (sulfide) groups is 1. The summed E-state index contributed by atoms with van der Waals surface area (Å²) in [6.45, 7) is 4.30. The maximum Gasteiger partial charge on any atom is 0.250 e. The number of phenols is 1. The van der Waals surface area contributed by atoms with E-state index in [1.165, 1.54) is 18.0 Å². The predicted octanol–water partition coefficient (Wildman–Crippen LogP) is 4.59. The van der Waals surface area contributed by atoms with E-state index in [4.69, 9.17) is 4.74 Å². The second-order valence-corrected chi connectivity index (χ2v) is 8.49. The lowest BCUT2D eigenvalue weighted by Crippen LogP contribution is -2.20. The molecule has 0 radical (unpaired) electrons. The standard InChI is InChI=1S/C26H25N5O3S/c1-3-34-22-11-7-8-20(24(22)33)16-27-28-23(32)17-35-26-30-29-25(19-14-12-18(2)13-15-19)31(26)21-9-5-4-6-10-21/h4-16,33H,3,17H2,1-2H3,(H,28,32). The molecule has 3 aromatic carbocycles. The molecule has 0 saturated carbocycles. The van der Waals surface area contributed by atoms with Crippen molar-refractivity contribution in [3.05, 3.63) is 83.9 Å². The van der Waals surface area contributed by atoms with E-state index in [0.717, 1.165) is 16.8 Å². The fourth-order valence-corrected chi connectivity index (χ4v) is 4.06. The number of phenolic OH excluding ortho intramolecular Hbond substituents is 1.